The maximum absolute atomic E-state index is 5.34. The van der Waals surface area contributed by atoms with Gasteiger partial charge in [-0.2, -0.15) is 5.10 Å². The summed E-state index contributed by atoms with van der Waals surface area (Å²) in [5.41, 5.74) is 9.49. The molecular weight excluding hydrogens is 362 g/mol. The van der Waals surface area contributed by atoms with Crippen LogP contribution in [0.1, 0.15) is 37.8 Å². The SMILES string of the molecule is C/C(=N\NC(=S)Nc1ccc(C(C)C)cc1)c1ccc(-c2ccccc2)cc1. The van der Waals surface area contributed by atoms with Crippen molar-refractivity contribution in [3.05, 3.63) is 90.0 Å². The Kier molecular flexibility index (Phi) is 6.56. The smallest absolute Gasteiger partial charge is 0.191 e. The van der Waals surface area contributed by atoms with Crippen molar-refractivity contribution in [2.45, 2.75) is 26.7 Å². The van der Waals surface area contributed by atoms with E-state index >= 15 is 0 Å². The highest BCUT2D eigenvalue weighted by Gasteiger charge is 2.02. The lowest BCUT2D eigenvalue weighted by Crippen LogP contribution is -2.24. The Morgan fingerprint density at radius 1 is 0.821 bits per heavy atom. The van der Waals surface area contributed by atoms with E-state index in [0.717, 1.165) is 17.0 Å². The highest BCUT2D eigenvalue weighted by atomic mass is 32.1. The Morgan fingerprint density at radius 3 is 2.04 bits per heavy atom. The van der Waals surface area contributed by atoms with E-state index in [0.29, 0.717) is 11.0 Å². The summed E-state index contributed by atoms with van der Waals surface area (Å²) in [7, 11) is 0. The van der Waals surface area contributed by atoms with E-state index in [9.17, 15) is 0 Å². The minimum Gasteiger partial charge on any atom is -0.331 e. The van der Waals surface area contributed by atoms with Crippen LogP contribution in [0.2, 0.25) is 0 Å². The van der Waals surface area contributed by atoms with Crippen molar-refractivity contribution in [1.82, 2.24) is 5.43 Å². The third kappa shape index (κ3) is 5.27. The Bertz CT molecular complexity index is 943. The molecule has 0 saturated heterocycles. The highest BCUT2D eigenvalue weighted by molar-refractivity contribution is 7.80. The second kappa shape index (κ2) is 9.29. The lowest BCUT2D eigenvalue weighted by atomic mass is 10.0. The topological polar surface area (TPSA) is 36.4 Å². The van der Waals surface area contributed by atoms with Gasteiger partial charge in [-0.3, -0.25) is 5.43 Å². The Balaban J connectivity index is 1.59. The molecule has 0 saturated carbocycles. The first-order valence-electron chi connectivity index (χ1n) is 9.40. The first-order chi connectivity index (χ1) is 13.5. The van der Waals surface area contributed by atoms with Gasteiger partial charge in [0.15, 0.2) is 5.11 Å². The number of hydrazone groups is 1. The number of nitrogens with one attached hydrogen (secondary N) is 2. The van der Waals surface area contributed by atoms with Crippen LogP contribution >= 0.6 is 12.2 Å². The second-order valence-corrected chi connectivity index (χ2v) is 7.39. The van der Waals surface area contributed by atoms with Gasteiger partial charge < -0.3 is 5.32 Å². The molecule has 0 unspecified atom stereocenters. The minimum atomic E-state index is 0.470. The fraction of sp³-hybridized carbons (Fsp3) is 0.167. The second-order valence-electron chi connectivity index (χ2n) is 6.98. The van der Waals surface area contributed by atoms with E-state index in [2.05, 4.69) is 78.2 Å². The van der Waals surface area contributed by atoms with Crippen LogP contribution in [-0.2, 0) is 0 Å². The average molecular weight is 388 g/mol. The zero-order valence-electron chi connectivity index (χ0n) is 16.4. The van der Waals surface area contributed by atoms with Crippen molar-refractivity contribution >= 4 is 28.7 Å². The van der Waals surface area contributed by atoms with Crippen molar-refractivity contribution in [3.63, 3.8) is 0 Å². The molecule has 3 aromatic carbocycles. The summed E-state index contributed by atoms with van der Waals surface area (Å²) in [6.45, 7) is 6.32. The molecule has 0 bridgehead atoms. The van der Waals surface area contributed by atoms with Gasteiger partial charge in [0, 0.05) is 5.69 Å². The van der Waals surface area contributed by atoms with Crippen LogP contribution in [0.25, 0.3) is 11.1 Å². The molecule has 0 aliphatic carbocycles. The fourth-order valence-electron chi connectivity index (χ4n) is 2.84. The van der Waals surface area contributed by atoms with Crippen molar-refractivity contribution in [2.75, 3.05) is 5.32 Å². The molecule has 0 aliphatic rings. The van der Waals surface area contributed by atoms with Gasteiger partial charge in [-0.25, -0.2) is 0 Å². The number of hydrogen-bond acceptors (Lipinski definition) is 2. The van der Waals surface area contributed by atoms with Crippen LogP contribution in [0.15, 0.2) is 84.0 Å². The molecule has 0 aliphatic heterocycles. The summed E-state index contributed by atoms with van der Waals surface area (Å²) in [6.07, 6.45) is 0. The maximum Gasteiger partial charge on any atom is 0.191 e. The van der Waals surface area contributed by atoms with E-state index in [4.69, 9.17) is 12.2 Å². The molecule has 142 valence electrons. The number of anilines is 1. The lowest BCUT2D eigenvalue weighted by Gasteiger charge is -2.10. The largest absolute Gasteiger partial charge is 0.331 e. The summed E-state index contributed by atoms with van der Waals surface area (Å²) < 4.78 is 0. The molecule has 0 radical (unpaired) electrons. The monoisotopic (exact) mass is 387 g/mol. The van der Waals surface area contributed by atoms with Crippen LogP contribution in [0.5, 0.6) is 0 Å². The Hall–Kier alpha value is -2.98. The Labute approximate surface area is 172 Å². The lowest BCUT2D eigenvalue weighted by molar-refractivity contribution is 0.867. The third-order valence-corrected chi connectivity index (χ3v) is 4.76. The van der Waals surface area contributed by atoms with E-state index in [1.54, 1.807) is 0 Å². The number of rotatable bonds is 5. The first kappa shape index (κ1) is 19.8. The molecule has 3 nitrogen and oxygen atoms in total. The van der Waals surface area contributed by atoms with Gasteiger partial charge in [-0.15, -0.1) is 0 Å². The van der Waals surface area contributed by atoms with Crippen LogP contribution < -0.4 is 10.7 Å². The molecular formula is C24H25N3S. The molecule has 0 heterocycles. The Morgan fingerprint density at radius 2 is 1.43 bits per heavy atom. The summed E-state index contributed by atoms with van der Waals surface area (Å²) in [5, 5.41) is 8.03. The average Bonchev–Trinajstić information content (AvgIpc) is 2.73. The molecule has 0 atom stereocenters. The zero-order chi connectivity index (χ0) is 19.9. The summed E-state index contributed by atoms with van der Waals surface area (Å²) in [5.74, 6) is 0.514. The van der Waals surface area contributed by atoms with Crippen LogP contribution in [0.3, 0.4) is 0 Å². The highest BCUT2D eigenvalue weighted by Crippen LogP contribution is 2.19. The maximum atomic E-state index is 5.34. The standard InChI is InChI=1S/C24H25N3S/c1-17(2)19-13-15-23(16-14-19)25-24(28)27-26-18(3)20-9-11-22(12-10-20)21-7-5-4-6-8-21/h4-17H,1-3H3,(H2,25,27,28)/b26-18+. The van der Waals surface area contributed by atoms with Gasteiger partial charge in [-0.1, -0.05) is 80.6 Å². The molecule has 3 rings (SSSR count). The van der Waals surface area contributed by atoms with Gasteiger partial charge in [0.2, 0.25) is 0 Å². The molecule has 4 heteroatoms. The van der Waals surface area contributed by atoms with Crippen LogP contribution in [0.4, 0.5) is 5.69 Å². The van der Waals surface area contributed by atoms with Crippen molar-refractivity contribution < 1.29 is 0 Å². The zero-order valence-corrected chi connectivity index (χ0v) is 17.3. The third-order valence-electron chi connectivity index (χ3n) is 4.57. The van der Waals surface area contributed by atoms with E-state index < -0.39 is 0 Å². The number of nitrogens with zero attached hydrogens (tertiary/aromatic N) is 1. The molecule has 28 heavy (non-hydrogen) atoms. The fourth-order valence-corrected chi connectivity index (χ4v) is 3.01. The van der Waals surface area contributed by atoms with Gasteiger partial charge in [0.05, 0.1) is 5.71 Å². The molecule has 3 aromatic rings. The number of benzene rings is 3. The van der Waals surface area contributed by atoms with Gasteiger partial charge in [0.1, 0.15) is 0 Å². The first-order valence-corrected chi connectivity index (χ1v) is 9.81. The predicted octanol–water partition coefficient (Wildman–Crippen LogP) is 6.19. The summed E-state index contributed by atoms with van der Waals surface area (Å²) >= 11 is 5.34. The number of hydrogen-bond donors (Lipinski definition) is 2. The van der Waals surface area contributed by atoms with E-state index in [-0.39, 0.29) is 0 Å². The van der Waals surface area contributed by atoms with Crippen molar-refractivity contribution in [2.24, 2.45) is 5.10 Å². The summed E-state index contributed by atoms with van der Waals surface area (Å²) in [4.78, 5) is 0. The van der Waals surface area contributed by atoms with Crippen LogP contribution in [-0.4, -0.2) is 10.8 Å². The van der Waals surface area contributed by atoms with Crippen LogP contribution in [0, 0.1) is 0 Å². The number of thiocarbonyl (C=S) groups is 1. The molecule has 0 fully saturated rings. The molecule has 0 amide bonds. The predicted molar refractivity (Wildman–Crippen MR) is 124 cm³/mol. The van der Waals surface area contributed by atoms with Gasteiger partial charge in [-0.05, 0) is 59.4 Å². The summed E-state index contributed by atoms with van der Waals surface area (Å²) in [6, 6.07) is 27.0. The van der Waals surface area contributed by atoms with E-state index in [1.807, 2.05) is 37.3 Å². The normalized spacial score (nSPS) is 11.4. The van der Waals surface area contributed by atoms with Crippen molar-refractivity contribution in [1.29, 1.82) is 0 Å². The molecule has 0 spiro atoms. The van der Waals surface area contributed by atoms with Gasteiger partial charge in [0.25, 0.3) is 0 Å². The van der Waals surface area contributed by atoms with Crippen molar-refractivity contribution in [3.8, 4) is 11.1 Å². The molecule has 0 aromatic heterocycles. The van der Waals surface area contributed by atoms with Gasteiger partial charge >= 0.3 is 0 Å². The quantitative estimate of drug-likeness (QED) is 0.311. The van der Waals surface area contributed by atoms with E-state index in [1.165, 1.54) is 16.7 Å². The minimum absolute atomic E-state index is 0.470. The molecule has 2 N–H and O–H groups in total.